The number of aromatic amines is 1. The van der Waals surface area contributed by atoms with E-state index in [1.807, 2.05) is 49.4 Å². The van der Waals surface area contributed by atoms with Crippen LogP contribution in [0.1, 0.15) is 5.56 Å². The van der Waals surface area contributed by atoms with Crippen molar-refractivity contribution in [2.75, 3.05) is 0 Å². The van der Waals surface area contributed by atoms with Crippen LogP contribution in [0.25, 0.3) is 11.0 Å². The molecule has 18 heavy (non-hydrogen) atoms. The van der Waals surface area contributed by atoms with Gasteiger partial charge in [-0.2, -0.15) is 25.6 Å². The predicted octanol–water partition coefficient (Wildman–Crippen LogP) is 3.68. The molecule has 0 amide bonds. The lowest BCUT2D eigenvalue weighted by Crippen LogP contribution is -1.70. The minimum absolute atomic E-state index is 0.761. The van der Waals surface area contributed by atoms with E-state index in [0.717, 1.165) is 22.4 Å². The Morgan fingerprint density at radius 1 is 0.833 bits per heavy atom. The smallest absolute Gasteiger partial charge is 0.115 e. The second-order valence-corrected chi connectivity index (χ2v) is 4.03. The van der Waals surface area contributed by atoms with Gasteiger partial charge in [-0.05, 0) is 37.3 Å². The Morgan fingerprint density at radius 3 is 2.33 bits per heavy atom. The Kier molecular flexibility index (Phi) is 2.57. The molecule has 0 radical (unpaired) electrons. The minimum Gasteiger partial charge on any atom is -0.197 e. The monoisotopic (exact) mass is 237 g/mol. The molecular weight excluding hydrogens is 226 g/mol. The third kappa shape index (κ3) is 2.10. The second kappa shape index (κ2) is 4.37. The van der Waals surface area contributed by atoms with Crippen LogP contribution in [0.5, 0.6) is 0 Å². The van der Waals surface area contributed by atoms with Crippen molar-refractivity contribution in [1.29, 1.82) is 0 Å². The number of nitrogens with one attached hydrogen (secondary N) is 1. The number of azo groups is 1. The highest BCUT2D eigenvalue weighted by Gasteiger charge is 1.98. The van der Waals surface area contributed by atoms with Crippen LogP contribution in [0, 0.1) is 6.92 Å². The van der Waals surface area contributed by atoms with E-state index in [-0.39, 0.29) is 0 Å². The molecule has 1 heterocycles. The summed E-state index contributed by atoms with van der Waals surface area (Å²) in [5, 5.41) is 18.9. The predicted molar refractivity (Wildman–Crippen MR) is 69.2 cm³/mol. The molecule has 0 spiro atoms. The van der Waals surface area contributed by atoms with Crippen LogP contribution in [-0.2, 0) is 0 Å². The number of aromatic nitrogens is 3. The van der Waals surface area contributed by atoms with Crippen molar-refractivity contribution in [3.63, 3.8) is 0 Å². The summed E-state index contributed by atoms with van der Waals surface area (Å²) >= 11 is 0. The Hall–Kier alpha value is -2.56. The Balaban J connectivity index is 1.88. The standard InChI is InChI=1S/C13H11N5/c1-9-2-4-10(5-3-9)14-15-11-6-7-12-13(8-11)17-18-16-12/h2-8H,1H3,(H,16,17,18). The molecule has 0 fully saturated rings. The van der Waals surface area contributed by atoms with Crippen LogP contribution in [-0.4, -0.2) is 15.4 Å². The van der Waals surface area contributed by atoms with E-state index in [2.05, 4.69) is 25.6 Å². The van der Waals surface area contributed by atoms with Crippen LogP contribution in [0.2, 0.25) is 0 Å². The van der Waals surface area contributed by atoms with E-state index >= 15 is 0 Å². The summed E-state index contributed by atoms with van der Waals surface area (Å²) in [6, 6.07) is 13.5. The summed E-state index contributed by atoms with van der Waals surface area (Å²) in [5.74, 6) is 0. The first-order valence-electron chi connectivity index (χ1n) is 5.60. The molecule has 0 aliphatic heterocycles. The van der Waals surface area contributed by atoms with Gasteiger partial charge in [-0.15, -0.1) is 0 Å². The van der Waals surface area contributed by atoms with E-state index in [9.17, 15) is 0 Å². The third-order valence-corrected chi connectivity index (χ3v) is 2.61. The highest BCUT2D eigenvalue weighted by Crippen LogP contribution is 2.21. The van der Waals surface area contributed by atoms with Crippen molar-refractivity contribution in [2.45, 2.75) is 6.92 Å². The van der Waals surface area contributed by atoms with Crippen LogP contribution in [0.4, 0.5) is 11.4 Å². The maximum atomic E-state index is 4.18. The Bertz CT molecular complexity index is 697. The fraction of sp³-hybridized carbons (Fsp3) is 0.0769. The molecule has 0 aliphatic carbocycles. The number of nitrogens with zero attached hydrogens (tertiary/aromatic N) is 4. The van der Waals surface area contributed by atoms with Gasteiger partial charge in [-0.25, -0.2) is 0 Å². The number of aryl methyl sites for hydroxylation is 1. The SMILES string of the molecule is Cc1ccc(N=Nc2ccc3n[nH]nc3c2)cc1. The van der Waals surface area contributed by atoms with E-state index in [1.165, 1.54) is 5.56 Å². The first-order valence-corrected chi connectivity index (χ1v) is 5.60. The lowest BCUT2D eigenvalue weighted by atomic mass is 10.2. The molecule has 0 aliphatic rings. The van der Waals surface area contributed by atoms with Crippen molar-refractivity contribution in [2.24, 2.45) is 10.2 Å². The summed E-state index contributed by atoms with van der Waals surface area (Å²) in [6.45, 7) is 2.04. The van der Waals surface area contributed by atoms with E-state index in [1.54, 1.807) is 0 Å². The van der Waals surface area contributed by atoms with Crippen molar-refractivity contribution in [1.82, 2.24) is 15.4 Å². The summed E-state index contributed by atoms with van der Waals surface area (Å²) in [6.07, 6.45) is 0. The quantitative estimate of drug-likeness (QED) is 0.691. The topological polar surface area (TPSA) is 66.3 Å². The Morgan fingerprint density at radius 2 is 1.50 bits per heavy atom. The fourth-order valence-electron chi connectivity index (χ4n) is 1.62. The fourth-order valence-corrected chi connectivity index (χ4v) is 1.62. The summed E-state index contributed by atoms with van der Waals surface area (Å²) in [4.78, 5) is 0. The van der Waals surface area contributed by atoms with E-state index < -0.39 is 0 Å². The normalized spacial score (nSPS) is 11.4. The van der Waals surface area contributed by atoms with Crippen molar-refractivity contribution >= 4 is 22.4 Å². The van der Waals surface area contributed by atoms with Crippen LogP contribution in [0.15, 0.2) is 52.7 Å². The number of hydrogen-bond acceptors (Lipinski definition) is 4. The van der Waals surface area contributed by atoms with Gasteiger partial charge < -0.3 is 0 Å². The van der Waals surface area contributed by atoms with Gasteiger partial charge in [0.05, 0.1) is 11.4 Å². The highest BCUT2D eigenvalue weighted by atomic mass is 15.3. The zero-order valence-electron chi connectivity index (χ0n) is 9.83. The summed E-state index contributed by atoms with van der Waals surface area (Å²) in [7, 11) is 0. The molecule has 1 N–H and O–H groups in total. The average Bonchev–Trinajstić information content (AvgIpc) is 2.85. The summed E-state index contributed by atoms with van der Waals surface area (Å²) in [5.41, 5.74) is 4.41. The van der Waals surface area contributed by atoms with Gasteiger partial charge in [-0.1, -0.05) is 17.7 Å². The van der Waals surface area contributed by atoms with Gasteiger partial charge in [0.1, 0.15) is 11.0 Å². The van der Waals surface area contributed by atoms with Gasteiger partial charge in [0.15, 0.2) is 0 Å². The van der Waals surface area contributed by atoms with Crippen molar-refractivity contribution in [3.8, 4) is 0 Å². The molecule has 3 rings (SSSR count). The lowest BCUT2D eigenvalue weighted by molar-refractivity contribution is 0.959. The van der Waals surface area contributed by atoms with Gasteiger partial charge in [0, 0.05) is 0 Å². The van der Waals surface area contributed by atoms with Gasteiger partial charge in [-0.3, -0.25) is 0 Å². The molecule has 2 aromatic carbocycles. The third-order valence-electron chi connectivity index (χ3n) is 2.61. The maximum Gasteiger partial charge on any atom is 0.115 e. The molecule has 5 heteroatoms. The van der Waals surface area contributed by atoms with E-state index in [0.29, 0.717) is 0 Å². The minimum atomic E-state index is 0.761. The largest absolute Gasteiger partial charge is 0.197 e. The van der Waals surface area contributed by atoms with Crippen LogP contribution < -0.4 is 0 Å². The number of H-pyrrole nitrogens is 1. The maximum absolute atomic E-state index is 4.18. The number of rotatable bonds is 2. The van der Waals surface area contributed by atoms with E-state index in [4.69, 9.17) is 0 Å². The molecule has 1 aromatic heterocycles. The molecule has 0 bridgehead atoms. The average molecular weight is 237 g/mol. The van der Waals surface area contributed by atoms with Gasteiger partial charge in [0.2, 0.25) is 0 Å². The molecule has 5 nitrogen and oxygen atoms in total. The summed E-state index contributed by atoms with van der Waals surface area (Å²) < 4.78 is 0. The van der Waals surface area contributed by atoms with Gasteiger partial charge >= 0.3 is 0 Å². The van der Waals surface area contributed by atoms with Crippen LogP contribution in [0.3, 0.4) is 0 Å². The first-order chi connectivity index (χ1) is 8.81. The Labute approximate surface area is 104 Å². The van der Waals surface area contributed by atoms with Crippen LogP contribution >= 0.6 is 0 Å². The molecule has 0 unspecified atom stereocenters. The zero-order valence-corrected chi connectivity index (χ0v) is 9.83. The van der Waals surface area contributed by atoms with Gasteiger partial charge in [0.25, 0.3) is 0 Å². The first kappa shape index (κ1) is 10.6. The number of fused-ring (bicyclic) bond motifs is 1. The van der Waals surface area contributed by atoms with Crippen molar-refractivity contribution in [3.05, 3.63) is 48.0 Å². The lowest BCUT2D eigenvalue weighted by Gasteiger charge is -1.94. The molecule has 3 aromatic rings. The molecule has 88 valence electrons. The highest BCUT2D eigenvalue weighted by molar-refractivity contribution is 5.76. The van der Waals surface area contributed by atoms with Crippen molar-refractivity contribution < 1.29 is 0 Å². The molecular formula is C13H11N5. The molecule has 0 saturated heterocycles. The molecule has 0 saturated carbocycles. The number of hydrogen-bond donors (Lipinski definition) is 1. The number of benzene rings is 2. The zero-order chi connectivity index (χ0) is 12.4. The molecule has 0 atom stereocenters. The second-order valence-electron chi connectivity index (χ2n) is 4.03.